The number of ether oxygens (including phenoxy) is 1. The van der Waals surface area contributed by atoms with Crippen molar-refractivity contribution < 1.29 is 27.1 Å². The van der Waals surface area contributed by atoms with Crippen molar-refractivity contribution in [2.75, 3.05) is 11.9 Å². The fraction of sp³-hybridized carbons (Fsp3) is 0.214. The number of hydrogen-bond acceptors (Lipinski definition) is 4. The number of fused-ring (bicyclic) bond motifs is 1. The van der Waals surface area contributed by atoms with E-state index in [-0.39, 0.29) is 33.9 Å². The van der Waals surface area contributed by atoms with Gasteiger partial charge in [-0.25, -0.2) is 0 Å². The van der Waals surface area contributed by atoms with Crippen LogP contribution in [-0.2, 0) is 23.8 Å². The molecule has 0 aliphatic carbocycles. The average molecular weight is 530 g/mol. The number of alkyl halides is 3. The van der Waals surface area contributed by atoms with Crippen LogP contribution in [0.3, 0.4) is 0 Å². The van der Waals surface area contributed by atoms with E-state index >= 15 is 0 Å². The molecule has 4 aromatic rings. The van der Waals surface area contributed by atoms with Gasteiger partial charge in [0, 0.05) is 22.3 Å². The molecule has 0 spiro atoms. The number of aryl methyl sites for hydroxylation is 2. The molecule has 1 N–H and O–H groups in total. The molecule has 0 saturated carbocycles. The molecule has 0 fully saturated rings. The van der Waals surface area contributed by atoms with Gasteiger partial charge < -0.3 is 14.5 Å². The summed E-state index contributed by atoms with van der Waals surface area (Å²) >= 11 is 6.09. The summed E-state index contributed by atoms with van der Waals surface area (Å²) in [4.78, 5) is 25.7. The lowest BCUT2D eigenvalue weighted by atomic mass is 10.0. The molecule has 1 aromatic heterocycles. The van der Waals surface area contributed by atoms with Crippen molar-refractivity contribution in [2.24, 2.45) is 0 Å². The number of amides is 1. The third kappa shape index (κ3) is 5.49. The Kier molecular flexibility index (Phi) is 7.59. The minimum Gasteiger partial charge on any atom is -0.484 e. The highest BCUT2D eigenvalue weighted by Crippen LogP contribution is 2.39. The molecule has 0 radical (unpaired) electrons. The van der Waals surface area contributed by atoms with E-state index in [4.69, 9.17) is 20.8 Å². The summed E-state index contributed by atoms with van der Waals surface area (Å²) in [5.74, 6) is -1.82. The van der Waals surface area contributed by atoms with Gasteiger partial charge in [-0.2, -0.15) is 13.2 Å². The zero-order valence-corrected chi connectivity index (χ0v) is 20.8. The lowest BCUT2D eigenvalue weighted by molar-refractivity contribution is -0.152. The molecule has 0 saturated heterocycles. The maximum Gasteiger partial charge on any atom is 0.450 e. The second-order valence-corrected chi connectivity index (χ2v) is 8.67. The molecular formula is C28H23ClF3NO4. The van der Waals surface area contributed by atoms with Crippen LogP contribution in [0.2, 0.25) is 5.02 Å². The van der Waals surface area contributed by atoms with E-state index in [0.717, 1.165) is 35.7 Å². The first-order valence-electron chi connectivity index (χ1n) is 11.6. The first-order valence-corrected chi connectivity index (χ1v) is 12.0. The van der Waals surface area contributed by atoms with Crippen LogP contribution in [0.1, 0.15) is 30.7 Å². The summed E-state index contributed by atoms with van der Waals surface area (Å²) in [6.07, 6.45) is -3.50. The van der Waals surface area contributed by atoms with Gasteiger partial charge >= 0.3 is 6.18 Å². The van der Waals surface area contributed by atoms with Crippen LogP contribution in [0.5, 0.6) is 5.75 Å². The zero-order chi connectivity index (χ0) is 26.7. The predicted octanol–water partition coefficient (Wildman–Crippen LogP) is 7.27. The molecule has 1 amide bonds. The summed E-state index contributed by atoms with van der Waals surface area (Å²) < 4.78 is 52.4. The molecule has 0 unspecified atom stereocenters. The quantitative estimate of drug-likeness (QED) is 0.273. The van der Waals surface area contributed by atoms with E-state index in [1.165, 1.54) is 30.3 Å². The Hall–Kier alpha value is -3.78. The van der Waals surface area contributed by atoms with Crippen molar-refractivity contribution in [3.8, 4) is 16.9 Å². The number of benzene rings is 3. The highest BCUT2D eigenvalue weighted by molar-refractivity contribution is 6.33. The average Bonchev–Trinajstić information content (AvgIpc) is 2.87. The Balaban J connectivity index is 1.65. The van der Waals surface area contributed by atoms with Gasteiger partial charge in [-0.15, -0.1) is 0 Å². The first-order chi connectivity index (χ1) is 17.6. The van der Waals surface area contributed by atoms with Gasteiger partial charge in [-0.05, 0) is 42.2 Å². The number of hydrogen-bond donors (Lipinski definition) is 1. The minimum atomic E-state index is -4.96. The fourth-order valence-corrected chi connectivity index (χ4v) is 4.33. The normalized spacial score (nSPS) is 11.5. The molecule has 9 heteroatoms. The summed E-state index contributed by atoms with van der Waals surface area (Å²) in [7, 11) is 0. The van der Waals surface area contributed by atoms with Crippen LogP contribution in [-0.4, -0.2) is 12.5 Å². The van der Waals surface area contributed by atoms with Gasteiger partial charge in [0.2, 0.25) is 11.2 Å². The Labute approximate surface area is 215 Å². The number of carbonyl (C=O) groups is 1. The second kappa shape index (κ2) is 10.7. The largest absolute Gasteiger partial charge is 0.484 e. The van der Waals surface area contributed by atoms with Crippen molar-refractivity contribution in [3.63, 3.8) is 0 Å². The first kappa shape index (κ1) is 26.3. The van der Waals surface area contributed by atoms with Gasteiger partial charge in [0.1, 0.15) is 11.3 Å². The zero-order valence-electron chi connectivity index (χ0n) is 20.0. The number of para-hydroxylation sites is 1. The van der Waals surface area contributed by atoms with Crippen LogP contribution >= 0.6 is 11.6 Å². The molecule has 0 atom stereocenters. The standard InChI is InChI=1S/C28H23ClF3NO4/c1-3-16-8-7-9-17(4-2)25(16)33-23(34)15-36-18-12-13-20-22(14-18)37-27(28(30,31)32)24(26(20)35)19-10-5-6-11-21(19)29/h5-14H,3-4,15H2,1-2H3,(H,33,34). The summed E-state index contributed by atoms with van der Waals surface area (Å²) in [5, 5.41) is 2.77. The minimum absolute atomic E-state index is 0.0125. The summed E-state index contributed by atoms with van der Waals surface area (Å²) in [6.45, 7) is 3.58. The molecule has 0 bridgehead atoms. The third-order valence-corrected chi connectivity index (χ3v) is 6.23. The monoisotopic (exact) mass is 529 g/mol. The van der Waals surface area contributed by atoms with E-state index < -0.39 is 28.8 Å². The number of nitrogens with one attached hydrogen (secondary N) is 1. The van der Waals surface area contributed by atoms with Crippen molar-refractivity contribution in [1.82, 2.24) is 0 Å². The van der Waals surface area contributed by atoms with Gasteiger partial charge in [0.25, 0.3) is 5.91 Å². The van der Waals surface area contributed by atoms with Crippen LogP contribution < -0.4 is 15.5 Å². The Bertz CT molecular complexity index is 1510. The van der Waals surface area contributed by atoms with Crippen molar-refractivity contribution in [3.05, 3.63) is 92.8 Å². The molecule has 4 rings (SSSR count). The van der Waals surface area contributed by atoms with Crippen LogP contribution in [0.25, 0.3) is 22.1 Å². The van der Waals surface area contributed by atoms with E-state index in [0.29, 0.717) is 0 Å². The molecule has 0 aliphatic heterocycles. The maximum absolute atomic E-state index is 13.9. The topological polar surface area (TPSA) is 68.5 Å². The lowest BCUT2D eigenvalue weighted by Gasteiger charge is -2.15. The summed E-state index contributed by atoms with van der Waals surface area (Å²) in [5.41, 5.74) is 0.740. The molecular weight excluding hydrogens is 507 g/mol. The van der Waals surface area contributed by atoms with Gasteiger partial charge in [-0.3, -0.25) is 9.59 Å². The van der Waals surface area contributed by atoms with E-state index in [2.05, 4.69) is 5.32 Å². The van der Waals surface area contributed by atoms with Crippen LogP contribution in [0.4, 0.5) is 18.9 Å². The second-order valence-electron chi connectivity index (χ2n) is 8.27. The smallest absolute Gasteiger partial charge is 0.450 e. The lowest BCUT2D eigenvalue weighted by Crippen LogP contribution is -2.22. The number of carbonyl (C=O) groups excluding carboxylic acids is 1. The van der Waals surface area contributed by atoms with Gasteiger partial charge in [0.05, 0.1) is 10.9 Å². The number of anilines is 1. The number of rotatable bonds is 7. The Morgan fingerprint density at radius 1 is 1.00 bits per heavy atom. The SMILES string of the molecule is CCc1cccc(CC)c1NC(=O)COc1ccc2c(=O)c(-c3ccccc3Cl)c(C(F)(F)F)oc2c1. The Morgan fingerprint density at radius 3 is 2.30 bits per heavy atom. The molecule has 192 valence electrons. The van der Waals surface area contributed by atoms with E-state index in [9.17, 15) is 22.8 Å². The number of halogens is 4. The highest BCUT2D eigenvalue weighted by atomic mass is 35.5. The fourth-order valence-electron chi connectivity index (χ4n) is 4.10. The Morgan fingerprint density at radius 2 is 1.68 bits per heavy atom. The molecule has 1 heterocycles. The van der Waals surface area contributed by atoms with Crippen LogP contribution in [0.15, 0.2) is 69.9 Å². The molecule has 5 nitrogen and oxygen atoms in total. The summed E-state index contributed by atoms with van der Waals surface area (Å²) in [6, 6.07) is 15.4. The maximum atomic E-state index is 13.9. The van der Waals surface area contributed by atoms with Crippen molar-refractivity contribution >= 4 is 34.2 Å². The van der Waals surface area contributed by atoms with E-state index in [1.807, 2.05) is 32.0 Å². The molecule has 0 aliphatic rings. The molecule has 3 aromatic carbocycles. The van der Waals surface area contributed by atoms with Gasteiger partial charge in [-0.1, -0.05) is 61.8 Å². The van der Waals surface area contributed by atoms with Crippen molar-refractivity contribution in [2.45, 2.75) is 32.9 Å². The highest BCUT2D eigenvalue weighted by Gasteiger charge is 2.39. The van der Waals surface area contributed by atoms with E-state index in [1.54, 1.807) is 6.07 Å². The van der Waals surface area contributed by atoms with Crippen molar-refractivity contribution in [1.29, 1.82) is 0 Å². The van der Waals surface area contributed by atoms with Crippen LogP contribution in [0, 0.1) is 0 Å². The third-order valence-electron chi connectivity index (χ3n) is 5.90. The molecule has 37 heavy (non-hydrogen) atoms. The van der Waals surface area contributed by atoms with Gasteiger partial charge in [0.15, 0.2) is 6.61 Å². The predicted molar refractivity (Wildman–Crippen MR) is 137 cm³/mol.